The first-order chi connectivity index (χ1) is 15.7. The molecule has 0 saturated heterocycles. The average Bonchev–Trinajstić information content (AvgIpc) is 2.82. The lowest BCUT2D eigenvalue weighted by molar-refractivity contribution is -0.124. The SMILES string of the molecule is C[C@@H](NC(=O)COC(=O)c1cccc(S(=O)(=O)NCc2ccccc2)c1)c1ccc(F)cc1. The van der Waals surface area contributed by atoms with Crippen LogP contribution in [0.2, 0.25) is 0 Å². The molecule has 172 valence electrons. The molecule has 0 unspecified atom stereocenters. The summed E-state index contributed by atoms with van der Waals surface area (Å²) >= 11 is 0. The molecule has 7 nitrogen and oxygen atoms in total. The number of benzene rings is 3. The van der Waals surface area contributed by atoms with Crippen molar-refractivity contribution in [1.82, 2.24) is 10.0 Å². The lowest BCUT2D eigenvalue weighted by atomic mass is 10.1. The van der Waals surface area contributed by atoms with Crippen molar-refractivity contribution in [2.45, 2.75) is 24.4 Å². The van der Waals surface area contributed by atoms with Gasteiger partial charge in [-0.2, -0.15) is 0 Å². The molecule has 1 atom stereocenters. The van der Waals surface area contributed by atoms with Crippen molar-refractivity contribution in [2.75, 3.05) is 6.61 Å². The number of rotatable bonds is 9. The normalized spacial score (nSPS) is 12.1. The van der Waals surface area contributed by atoms with Crippen molar-refractivity contribution < 1.29 is 27.1 Å². The summed E-state index contributed by atoms with van der Waals surface area (Å²) in [6.45, 7) is 1.27. The molecular formula is C24H23FN2O5S. The van der Waals surface area contributed by atoms with E-state index >= 15 is 0 Å². The summed E-state index contributed by atoms with van der Waals surface area (Å²) in [6.07, 6.45) is 0. The number of esters is 1. The summed E-state index contributed by atoms with van der Waals surface area (Å²) in [4.78, 5) is 24.4. The summed E-state index contributed by atoms with van der Waals surface area (Å²) in [5.41, 5.74) is 1.48. The molecule has 9 heteroatoms. The first-order valence-corrected chi connectivity index (χ1v) is 11.6. The number of carbonyl (C=O) groups excluding carboxylic acids is 2. The van der Waals surface area contributed by atoms with Crippen molar-refractivity contribution >= 4 is 21.9 Å². The van der Waals surface area contributed by atoms with E-state index < -0.39 is 34.5 Å². The van der Waals surface area contributed by atoms with Crippen LogP contribution in [0.5, 0.6) is 0 Å². The van der Waals surface area contributed by atoms with E-state index in [1.54, 1.807) is 43.3 Å². The van der Waals surface area contributed by atoms with Crippen LogP contribution >= 0.6 is 0 Å². The van der Waals surface area contributed by atoms with Gasteiger partial charge in [-0.3, -0.25) is 4.79 Å². The molecule has 33 heavy (non-hydrogen) atoms. The van der Waals surface area contributed by atoms with Crippen molar-refractivity contribution in [1.29, 1.82) is 0 Å². The van der Waals surface area contributed by atoms with Gasteiger partial charge in [0.25, 0.3) is 5.91 Å². The first-order valence-electron chi connectivity index (χ1n) is 10.1. The van der Waals surface area contributed by atoms with E-state index in [0.29, 0.717) is 5.56 Å². The van der Waals surface area contributed by atoms with Crippen LogP contribution in [0.1, 0.15) is 34.5 Å². The van der Waals surface area contributed by atoms with Crippen molar-refractivity contribution in [3.05, 3.63) is 101 Å². The number of hydrogen-bond acceptors (Lipinski definition) is 5. The lowest BCUT2D eigenvalue weighted by Crippen LogP contribution is -2.31. The van der Waals surface area contributed by atoms with Gasteiger partial charge in [0.2, 0.25) is 10.0 Å². The third-order valence-electron chi connectivity index (χ3n) is 4.77. The molecule has 1 amide bonds. The van der Waals surface area contributed by atoms with E-state index in [-0.39, 0.29) is 22.8 Å². The van der Waals surface area contributed by atoms with Gasteiger partial charge in [0.15, 0.2) is 6.61 Å². The van der Waals surface area contributed by atoms with Gasteiger partial charge >= 0.3 is 5.97 Å². The number of nitrogens with one attached hydrogen (secondary N) is 2. The molecular weight excluding hydrogens is 447 g/mol. The second-order valence-corrected chi connectivity index (χ2v) is 9.02. The monoisotopic (exact) mass is 470 g/mol. The van der Waals surface area contributed by atoms with Crippen molar-refractivity contribution in [3.8, 4) is 0 Å². The predicted molar refractivity (Wildman–Crippen MR) is 120 cm³/mol. The predicted octanol–water partition coefficient (Wildman–Crippen LogP) is 3.34. The van der Waals surface area contributed by atoms with Gasteiger partial charge in [0, 0.05) is 6.54 Å². The van der Waals surface area contributed by atoms with Crippen LogP contribution in [-0.2, 0) is 26.1 Å². The molecule has 2 N–H and O–H groups in total. The number of hydrogen-bond donors (Lipinski definition) is 2. The molecule has 3 aromatic rings. The molecule has 0 heterocycles. The van der Waals surface area contributed by atoms with Crippen LogP contribution in [0, 0.1) is 5.82 Å². The van der Waals surface area contributed by atoms with E-state index in [4.69, 9.17) is 4.74 Å². The fourth-order valence-corrected chi connectivity index (χ4v) is 4.04. The van der Waals surface area contributed by atoms with Crippen LogP contribution in [0.3, 0.4) is 0 Å². The Morgan fingerprint density at radius 3 is 2.36 bits per heavy atom. The highest BCUT2D eigenvalue weighted by Gasteiger charge is 2.18. The maximum absolute atomic E-state index is 13.0. The highest BCUT2D eigenvalue weighted by atomic mass is 32.2. The number of sulfonamides is 1. The Bertz CT molecular complexity index is 1220. The second kappa shape index (κ2) is 10.8. The largest absolute Gasteiger partial charge is 0.452 e. The maximum Gasteiger partial charge on any atom is 0.338 e. The highest BCUT2D eigenvalue weighted by Crippen LogP contribution is 2.14. The van der Waals surface area contributed by atoms with E-state index in [1.165, 1.54) is 36.4 Å². The van der Waals surface area contributed by atoms with E-state index in [2.05, 4.69) is 10.0 Å². The Labute approximate surface area is 191 Å². The molecule has 0 aliphatic carbocycles. The fourth-order valence-electron chi connectivity index (χ4n) is 2.98. The minimum absolute atomic E-state index is 0.00281. The van der Waals surface area contributed by atoms with E-state index in [1.807, 2.05) is 6.07 Å². The van der Waals surface area contributed by atoms with Gasteiger partial charge in [-0.05, 0) is 48.4 Å². The summed E-state index contributed by atoms with van der Waals surface area (Å²) < 4.78 is 45.7. The van der Waals surface area contributed by atoms with Crippen LogP contribution < -0.4 is 10.0 Å². The fraction of sp³-hybridized carbons (Fsp3) is 0.167. The molecule has 0 radical (unpaired) electrons. The molecule has 0 bridgehead atoms. The van der Waals surface area contributed by atoms with Crippen LogP contribution in [0.25, 0.3) is 0 Å². The number of amides is 1. The Hall–Kier alpha value is -3.56. The quantitative estimate of drug-likeness (QED) is 0.467. The first kappa shape index (κ1) is 24.1. The minimum Gasteiger partial charge on any atom is -0.452 e. The van der Waals surface area contributed by atoms with Gasteiger partial charge in [-0.25, -0.2) is 22.3 Å². The van der Waals surface area contributed by atoms with Gasteiger partial charge < -0.3 is 10.1 Å². The zero-order chi connectivity index (χ0) is 23.8. The Morgan fingerprint density at radius 1 is 0.970 bits per heavy atom. The number of carbonyl (C=O) groups is 2. The standard InChI is InChI=1S/C24H23FN2O5S/c1-17(19-10-12-21(25)13-11-19)27-23(28)16-32-24(29)20-8-5-9-22(14-20)33(30,31)26-15-18-6-3-2-4-7-18/h2-14,17,26H,15-16H2,1H3,(H,27,28)/t17-/m1/s1. The number of halogens is 1. The zero-order valence-electron chi connectivity index (χ0n) is 17.8. The molecule has 0 aliphatic rings. The molecule has 0 aromatic heterocycles. The van der Waals surface area contributed by atoms with Gasteiger partial charge in [0.1, 0.15) is 5.82 Å². The average molecular weight is 471 g/mol. The van der Waals surface area contributed by atoms with E-state index in [0.717, 1.165) is 5.56 Å². The summed E-state index contributed by atoms with van der Waals surface area (Å²) in [7, 11) is -3.86. The molecule has 0 saturated carbocycles. The molecule has 0 spiro atoms. The summed E-state index contributed by atoms with van der Waals surface area (Å²) in [5.74, 6) is -1.76. The van der Waals surface area contributed by atoms with Crippen LogP contribution in [0.4, 0.5) is 4.39 Å². The van der Waals surface area contributed by atoms with Crippen LogP contribution in [-0.4, -0.2) is 26.9 Å². The van der Waals surface area contributed by atoms with Gasteiger partial charge in [0.05, 0.1) is 16.5 Å². The van der Waals surface area contributed by atoms with Crippen LogP contribution in [0.15, 0.2) is 83.8 Å². The smallest absolute Gasteiger partial charge is 0.338 e. The van der Waals surface area contributed by atoms with Crippen molar-refractivity contribution in [3.63, 3.8) is 0 Å². The van der Waals surface area contributed by atoms with E-state index in [9.17, 15) is 22.4 Å². The second-order valence-electron chi connectivity index (χ2n) is 7.25. The minimum atomic E-state index is -3.86. The topological polar surface area (TPSA) is 102 Å². The van der Waals surface area contributed by atoms with Gasteiger partial charge in [-0.15, -0.1) is 0 Å². The van der Waals surface area contributed by atoms with Gasteiger partial charge in [-0.1, -0.05) is 48.5 Å². The molecule has 0 fully saturated rings. The maximum atomic E-state index is 13.0. The summed E-state index contributed by atoms with van der Waals surface area (Å²) in [6, 6.07) is 19.6. The molecule has 3 rings (SSSR count). The third kappa shape index (κ3) is 6.96. The highest BCUT2D eigenvalue weighted by molar-refractivity contribution is 7.89. The number of ether oxygens (including phenoxy) is 1. The summed E-state index contributed by atoms with van der Waals surface area (Å²) in [5, 5.41) is 2.65. The zero-order valence-corrected chi connectivity index (χ0v) is 18.6. The molecule has 3 aromatic carbocycles. The lowest BCUT2D eigenvalue weighted by Gasteiger charge is -2.14. The van der Waals surface area contributed by atoms with Crippen molar-refractivity contribution in [2.24, 2.45) is 0 Å². The Kier molecular flexibility index (Phi) is 7.92. The molecule has 0 aliphatic heterocycles. The third-order valence-corrected chi connectivity index (χ3v) is 6.17. The Morgan fingerprint density at radius 2 is 1.67 bits per heavy atom. The Balaban J connectivity index is 1.56.